The maximum atomic E-state index is 12.9. The molecule has 0 spiro atoms. The molecule has 28 heavy (non-hydrogen) atoms. The fourth-order valence-electron chi connectivity index (χ4n) is 3.83. The first-order valence-electron chi connectivity index (χ1n) is 9.76. The van der Waals surface area contributed by atoms with Gasteiger partial charge in [0.15, 0.2) is 0 Å². The van der Waals surface area contributed by atoms with Gasteiger partial charge in [0.05, 0.1) is 4.90 Å². The van der Waals surface area contributed by atoms with E-state index in [0.29, 0.717) is 17.1 Å². The van der Waals surface area contributed by atoms with E-state index < -0.39 is 10.0 Å². The van der Waals surface area contributed by atoms with Crippen LogP contribution in [0.15, 0.2) is 35.2 Å². The Kier molecular flexibility index (Phi) is 4.70. The molecule has 0 atom stereocenters. The Labute approximate surface area is 166 Å². The van der Waals surface area contributed by atoms with Crippen LogP contribution < -0.4 is 4.72 Å². The van der Waals surface area contributed by atoms with E-state index in [0.717, 1.165) is 48.1 Å². The average Bonchev–Trinajstić information content (AvgIpc) is 3.48. The van der Waals surface area contributed by atoms with Crippen molar-refractivity contribution >= 4 is 21.6 Å². The summed E-state index contributed by atoms with van der Waals surface area (Å²) in [5.74, 6) is 0.443. The zero-order valence-corrected chi connectivity index (χ0v) is 17.4. The highest BCUT2D eigenvalue weighted by atomic mass is 32.2. The molecule has 1 saturated carbocycles. The van der Waals surface area contributed by atoms with Crippen LogP contribution in [-0.4, -0.2) is 25.8 Å². The maximum Gasteiger partial charge on any atom is 0.262 e. The lowest BCUT2D eigenvalue weighted by atomic mass is 9.99. The number of carbonyl (C=O) groups is 1. The van der Waals surface area contributed by atoms with Crippen molar-refractivity contribution in [2.24, 2.45) is 5.92 Å². The summed E-state index contributed by atoms with van der Waals surface area (Å²) in [4.78, 5) is 14.6. The Morgan fingerprint density at radius 1 is 1.00 bits per heavy atom. The number of hydrogen-bond donors (Lipinski definition) is 1. The molecule has 1 aliphatic carbocycles. The molecule has 0 radical (unpaired) electrons. The summed E-state index contributed by atoms with van der Waals surface area (Å²) in [6, 6.07) is 9.28. The minimum Gasteiger partial charge on any atom is -0.338 e. The number of anilines is 1. The molecule has 2 aliphatic rings. The molecule has 1 aliphatic heterocycles. The predicted octanol–water partition coefficient (Wildman–Crippen LogP) is 3.71. The number of sulfonamides is 1. The Morgan fingerprint density at radius 2 is 1.71 bits per heavy atom. The van der Waals surface area contributed by atoms with Gasteiger partial charge in [-0.2, -0.15) is 0 Å². The van der Waals surface area contributed by atoms with E-state index in [1.807, 2.05) is 49.9 Å². The van der Waals surface area contributed by atoms with Gasteiger partial charge in [0.25, 0.3) is 10.0 Å². The molecular formula is C22H26N2O3S. The van der Waals surface area contributed by atoms with Gasteiger partial charge in [-0.15, -0.1) is 0 Å². The highest BCUT2D eigenvalue weighted by Gasteiger charge is 2.34. The first-order chi connectivity index (χ1) is 13.2. The van der Waals surface area contributed by atoms with Crippen molar-refractivity contribution in [1.29, 1.82) is 0 Å². The zero-order chi connectivity index (χ0) is 20.1. The number of amides is 1. The lowest BCUT2D eigenvalue weighted by molar-refractivity contribution is -0.133. The van der Waals surface area contributed by atoms with Gasteiger partial charge in [0, 0.05) is 24.7 Å². The Balaban J connectivity index is 1.58. The van der Waals surface area contributed by atoms with Crippen molar-refractivity contribution in [3.8, 4) is 0 Å². The molecule has 0 saturated heterocycles. The number of aryl methyl sites for hydroxylation is 3. The summed E-state index contributed by atoms with van der Waals surface area (Å²) in [6.45, 7) is 7.01. The third-order valence-electron chi connectivity index (χ3n) is 5.79. The van der Waals surface area contributed by atoms with Crippen molar-refractivity contribution in [3.63, 3.8) is 0 Å². The second kappa shape index (κ2) is 6.92. The predicted molar refractivity (Wildman–Crippen MR) is 110 cm³/mol. The van der Waals surface area contributed by atoms with Crippen LogP contribution in [0.2, 0.25) is 0 Å². The normalized spacial score (nSPS) is 16.6. The fourth-order valence-corrected chi connectivity index (χ4v) is 5.19. The Hall–Kier alpha value is -2.34. The van der Waals surface area contributed by atoms with Crippen LogP contribution in [0.5, 0.6) is 0 Å². The zero-order valence-electron chi connectivity index (χ0n) is 16.6. The number of benzene rings is 2. The molecule has 1 N–H and O–H groups in total. The van der Waals surface area contributed by atoms with Gasteiger partial charge in [-0.1, -0.05) is 12.1 Å². The molecule has 2 aromatic carbocycles. The molecule has 1 heterocycles. The topological polar surface area (TPSA) is 66.5 Å². The molecule has 0 bridgehead atoms. The van der Waals surface area contributed by atoms with Gasteiger partial charge in [-0.25, -0.2) is 8.42 Å². The monoisotopic (exact) mass is 398 g/mol. The van der Waals surface area contributed by atoms with Crippen molar-refractivity contribution in [2.75, 3.05) is 11.3 Å². The van der Waals surface area contributed by atoms with Crippen molar-refractivity contribution < 1.29 is 13.2 Å². The standard InChI is InChI=1S/C22H26N2O3S/c1-14-10-16(3)21(11-15(14)2)28(26,27)23-20-7-6-17-8-9-24(13-19(17)12-20)22(25)18-4-5-18/h6-7,10-12,18,23H,4-5,8-9,13H2,1-3H3. The average molecular weight is 399 g/mol. The third kappa shape index (κ3) is 3.65. The fraction of sp³-hybridized carbons (Fsp3) is 0.409. The minimum atomic E-state index is -3.67. The van der Waals surface area contributed by atoms with Gasteiger partial charge in [-0.3, -0.25) is 9.52 Å². The number of nitrogens with zero attached hydrogens (tertiary/aromatic N) is 1. The van der Waals surface area contributed by atoms with E-state index in [1.165, 1.54) is 5.56 Å². The largest absolute Gasteiger partial charge is 0.338 e. The van der Waals surface area contributed by atoms with Gasteiger partial charge < -0.3 is 4.90 Å². The van der Waals surface area contributed by atoms with E-state index in [-0.39, 0.29) is 11.8 Å². The summed E-state index contributed by atoms with van der Waals surface area (Å²) in [5, 5.41) is 0. The van der Waals surface area contributed by atoms with Crippen LogP contribution in [-0.2, 0) is 27.8 Å². The van der Waals surface area contributed by atoms with Crippen LogP contribution in [0, 0.1) is 26.7 Å². The van der Waals surface area contributed by atoms with E-state index >= 15 is 0 Å². The highest BCUT2D eigenvalue weighted by Crippen LogP contribution is 2.33. The van der Waals surface area contributed by atoms with E-state index in [4.69, 9.17) is 0 Å². The number of rotatable bonds is 4. The van der Waals surface area contributed by atoms with Crippen LogP contribution in [0.1, 0.15) is 40.7 Å². The first kappa shape index (κ1) is 19.0. The molecular weight excluding hydrogens is 372 g/mol. The van der Waals surface area contributed by atoms with Gasteiger partial charge in [0.2, 0.25) is 5.91 Å². The number of fused-ring (bicyclic) bond motifs is 1. The smallest absolute Gasteiger partial charge is 0.262 e. The van der Waals surface area contributed by atoms with E-state index in [9.17, 15) is 13.2 Å². The Morgan fingerprint density at radius 3 is 2.43 bits per heavy atom. The van der Waals surface area contributed by atoms with Crippen LogP contribution in [0.3, 0.4) is 0 Å². The second-order valence-corrected chi connectivity index (χ2v) is 9.73. The van der Waals surface area contributed by atoms with Crippen molar-refractivity contribution in [2.45, 2.75) is 51.5 Å². The van der Waals surface area contributed by atoms with Crippen molar-refractivity contribution in [1.82, 2.24) is 4.90 Å². The number of carbonyl (C=O) groups excluding carboxylic acids is 1. The lowest BCUT2D eigenvalue weighted by Crippen LogP contribution is -2.36. The number of hydrogen-bond acceptors (Lipinski definition) is 3. The minimum absolute atomic E-state index is 0.205. The molecule has 5 nitrogen and oxygen atoms in total. The van der Waals surface area contributed by atoms with Gasteiger partial charge in [-0.05, 0) is 86.1 Å². The first-order valence-corrected chi connectivity index (χ1v) is 11.2. The summed E-state index contributed by atoms with van der Waals surface area (Å²) in [7, 11) is -3.67. The maximum absolute atomic E-state index is 12.9. The van der Waals surface area contributed by atoms with E-state index in [2.05, 4.69) is 4.72 Å². The molecule has 6 heteroatoms. The molecule has 2 aromatic rings. The summed E-state index contributed by atoms with van der Waals surface area (Å²) in [6.07, 6.45) is 2.81. The third-order valence-corrected chi connectivity index (χ3v) is 7.31. The van der Waals surface area contributed by atoms with Crippen LogP contribution in [0.25, 0.3) is 0 Å². The lowest BCUT2D eigenvalue weighted by Gasteiger charge is -2.29. The summed E-state index contributed by atoms with van der Waals surface area (Å²) < 4.78 is 28.6. The summed E-state index contributed by atoms with van der Waals surface area (Å²) in [5.41, 5.74) is 5.51. The van der Waals surface area contributed by atoms with Crippen molar-refractivity contribution in [3.05, 3.63) is 58.1 Å². The molecule has 1 amide bonds. The molecule has 0 unspecified atom stereocenters. The highest BCUT2D eigenvalue weighted by molar-refractivity contribution is 7.92. The molecule has 1 fully saturated rings. The molecule has 4 rings (SSSR count). The van der Waals surface area contributed by atoms with E-state index in [1.54, 1.807) is 6.07 Å². The summed E-state index contributed by atoms with van der Waals surface area (Å²) >= 11 is 0. The number of nitrogens with one attached hydrogen (secondary N) is 1. The van der Waals surface area contributed by atoms with Gasteiger partial charge >= 0.3 is 0 Å². The quantitative estimate of drug-likeness (QED) is 0.854. The van der Waals surface area contributed by atoms with Crippen LogP contribution >= 0.6 is 0 Å². The second-order valence-electron chi connectivity index (χ2n) is 8.08. The van der Waals surface area contributed by atoms with Gasteiger partial charge in [0.1, 0.15) is 0 Å². The Bertz CT molecular complexity index is 1060. The molecule has 0 aromatic heterocycles. The SMILES string of the molecule is Cc1cc(C)c(S(=O)(=O)Nc2ccc3c(c2)CN(C(=O)C2CC2)CC3)cc1C. The molecule has 148 valence electrons. The van der Waals surface area contributed by atoms with Crippen LogP contribution in [0.4, 0.5) is 5.69 Å².